The Hall–Kier alpha value is -1.27. The summed E-state index contributed by atoms with van der Waals surface area (Å²) < 4.78 is 49.2. The summed E-state index contributed by atoms with van der Waals surface area (Å²) in [6, 6.07) is 4.95. The van der Waals surface area contributed by atoms with Gasteiger partial charge in [0, 0.05) is 13.2 Å². The van der Waals surface area contributed by atoms with Gasteiger partial charge in [-0.15, -0.1) is 0 Å². The maximum atomic E-state index is 12.7. The van der Waals surface area contributed by atoms with Gasteiger partial charge in [-0.3, -0.25) is 0 Å². The van der Waals surface area contributed by atoms with Crippen molar-refractivity contribution in [2.75, 3.05) is 19.7 Å². The van der Waals surface area contributed by atoms with Gasteiger partial charge in [-0.25, -0.2) is 0 Å². The highest BCUT2D eigenvalue weighted by Crippen LogP contribution is 2.31. The highest BCUT2D eigenvalue weighted by molar-refractivity contribution is 5.30. The van der Waals surface area contributed by atoms with Crippen LogP contribution in [0.25, 0.3) is 0 Å². The second kappa shape index (κ2) is 6.45. The Morgan fingerprint density at radius 3 is 2.80 bits per heavy atom. The van der Waals surface area contributed by atoms with E-state index < -0.39 is 11.7 Å². The largest absolute Gasteiger partial charge is 0.486 e. The lowest BCUT2D eigenvalue weighted by Gasteiger charge is -2.32. The van der Waals surface area contributed by atoms with Crippen molar-refractivity contribution in [3.63, 3.8) is 0 Å². The molecule has 1 aliphatic rings. The predicted octanol–water partition coefficient (Wildman–Crippen LogP) is 2.85. The molecule has 1 aromatic rings. The number of piperidine rings is 1. The van der Waals surface area contributed by atoms with Crippen molar-refractivity contribution in [2.45, 2.75) is 31.7 Å². The summed E-state index contributed by atoms with van der Waals surface area (Å²) in [4.78, 5) is 0. The van der Waals surface area contributed by atoms with Crippen molar-refractivity contribution in [1.29, 1.82) is 0 Å². The lowest BCUT2D eigenvalue weighted by molar-refractivity contribution is -0.137. The molecule has 0 aromatic heterocycles. The number of hydrogen-bond donors (Lipinski definition) is 1. The van der Waals surface area contributed by atoms with Crippen LogP contribution in [0.2, 0.25) is 0 Å². The minimum Gasteiger partial charge on any atom is -0.486 e. The van der Waals surface area contributed by atoms with E-state index in [0.717, 1.165) is 25.1 Å². The van der Waals surface area contributed by atoms with Crippen LogP contribution in [-0.4, -0.2) is 31.9 Å². The number of ether oxygens (including phenoxy) is 2. The van der Waals surface area contributed by atoms with Crippen LogP contribution < -0.4 is 10.1 Å². The zero-order valence-electron chi connectivity index (χ0n) is 11.2. The number of rotatable bonds is 4. The standard InChI is InChI=1S/C14H18F3NO2/c1-2-19-12-6-7-18-9-13(12)20-11-5-3-4-10(8-11)14(15,16)17/h3-5,8,12-13,18H,2,6-7,9H2,1H3. The van der Waals surface area contributed by atoms with Crippen LogP contribution in [0, 0.1) is 0 Å². The van der Waals surface area contributed by atoms with Gasteiger partial charge in [-0.1, -0.05) is 6.07 Å². The molecule has 2 atom stereocenters. The van der Waals surface area contributed by atoms with Crippen molar-refractivity contribution in [1.82, 2.24) is 5.32 Å². The van der Waals surface area contributed by atoms with E-state index in [1.807, 2.05) is 6.92 Å². The van der Waals surface area contributed by atoms with E-state index in [9.17, 15) is 13.2 Å². The molecule has 1 heterocycles. The van der Waals surface area contributed by atoms with E-state index in [4.69, 9.17) is 9.47 Å². The molecule has 0 aliphatic carbocycles. The molecular weight excluding hydrogens is 271 g/mol. The third-order valence-electron chi connectivity index (χ3n) is 3.20. The molecule has 0 bridgehead atoms. The number of halogens is 3. The van der Waals surface area contributed by atoms with Gasteiger partial charge in [0.25, 0.3) is 0 Å². The smallest absolute Gasteiger partial charge is 0.416 e. The second-order valence-electron chi connectivity index (χ2n) is 4.67. The van der Waals surface area contributed by atoms with Gasteiger partial charge in [0.15, 0.2) is 0 Å². The fourth-order valence-electron chi connectivity index (χ4n) is 2.25. The first kappa shape index (κ1) is 15.1. The summed E-state index contributed by atoms with van der Waals surface area (Å²) in [7, 11) is 0. The van der Waals surface area contributed by atoms with Gasteiger partial charge >= 0.3 is 6.18 Å². The van der Waals surface area contributed by atoms with Gasteiger partial charge in [0.2, 0.25) is 0 Å². The Morgan fingerprint density at radius 2 is 2.10 bits per heavy atom. The summed E-state index contributed by atoms with van der Waals surface area (Å²) >= 11 is 0. The molecule has 20 heavy (non-hydrogen) atoms. The van der Waals surface area contributed by atoms with Crippen molar-refractivity contribution >= 4 is 0 Å². The first-order valence-electron chi connectivity index (χ1n) is 6.67. The monoisotopic (exact) mass is 289 g/mol. The Labute approximate surface area is 116 Å². The van der Waals surface area contributed by atoms with Crippen LogP contribution in [0.4, 0.5) is 13.2 Å². The molecule has 0 radical (unpaired) electrons. The van der Waals surface area contributed by atoms with Gasteiger partial charge in [0.1, 0.15) is 11.9 Å². The molecule has 2 unspecified atom stereocenters. The highest BCUT2D eigenvalue weighted by atomic mass is 19.4. The maximum Gasteiger partial charge on any atom is 0.416 e. The van der Waals surface area contributed by atoms with Gasteiger partial charge < -0.3 is 14.8 Å². The van der Waals surface area contributed by atoms with Crippen molar-refractivity contribution < 1.29 is 22.6 Å². The first-order valence-corrected chi connectivity index (χ1v) is 6.67. The third-order valence-corrected chi connectivity index (χ3v) is 3.20. The average Bonchev–Trinajstić information content (AvgIpc) is 2.41. The summed E-state index contributed by atoms with van der Waals surface area (Å²) in [6.07, 6.45) is -3.93. The Bertz CT molecular complexity index is 435. The fraction of sp³-hybridized carbons (Fsp3) is 0.571. The van der Waals surface area contributed by atoms with E-state index in [-0.39, 0.29) is 18.0 Å². The van der Waals surface area contributed by atoms with E-state index >= 15 is 0 Å². The number of hydrogen-bond acceptors (Lipinski definition) is 3. The quantitative estimate of drug-likeness (QED) is 0.924. The molecule has 2 rings (SSSR count). The predicted molar refractivity (Wildman–Crippen MR) is 68.8 cm³/mol. The van der Waals surface area contributed by atoms with Crippen LogP contribution in [-0.2, 0) is 10.9 Å². The Morgan fingerprint density at radius 1 is 1.30 bits per heavy atom. The summed E-state index contributed by atoms with van der Waals surface area (Å²) in [5, 5.41) is 3.16. The molecule has 1 aliphatic heterocycles. The Balaban J connectivity index is 2.08. The molecule has 1 aromatic carbocycles. The van der Waals surface area contributed by atoms with Gasteiger partial charge in [-0.2, -0.15) is 13.2 Å². The van der Waals surface area contributed by atoms with Crippen LogP contribution in [0.5, 0.6) is 5.75 Å². The van der Waals surface area contributed by atoms with Crippen molar-refractivity contribution in [3.8, 4) is 5.75 Å². The van der Waals surface area contributed by atoms with Crippen LogP contribution in [0.3, 0.4) is 0 Å². The Kier molecular flexibility index (Phi) is 4.88. The summed E-state index contributed by atoms with van der Waals surface area (Å²) in [6.45, 7) is 3.85. The van der Waals surface area contributed by atoms with Gasteiger partial charge in [-0.05, 0) is 38.1 Å². The highest BCUT2D eigenvalue weighted by Gasteiger charge is 2.32. The SMILES string of the molecule is CCOC1CCNCC1Oc1cccc(C(F)(F)F)c1. The molecule has 3 nitrogen and oxygen atoms in total. The minimum atomic E-state index is -4.36. The molecule has 1 N–H and O–H groups in total. The fourth-order valence-corrected chi connectivity index (χ4v) is 2.25. The van der Waals surface area contributed by atoms with Crippen LogP contribution >= 0.6 is 0 Å². The molecule has 0 spiro atoms. The first-order chi connectivity index (χ1) is 9.50. The van der Waals surface area contributed by atoms with Gasteiger partial charge in [0.05, 0.1) is 11.7 Å². The maximum absolute atomic E-state index is 12.7. The molecule has 0 amide bonds. The van der Waals surface area contributed by atoms with E-state index in [2.05, 4.69) is 5.32 Å². The van der Waals surface area contributed by atoms with Crippen LogP contribution in [0.15, 0.2) is 24.3 Å². The van der Waals surface area contributed by atoms with Crippen LogP contribution in [0.1, 0.15) is 18.9 Å². The third kappa shape index (κ3) is 3.86. The normalized spacial score (nSPS) is 23.6. The zero-order valence-corrected chi connectivity index (χ0v) is 11.2. The van der Waals surface area contributed by atoms with E-state index in [0.29, 0.717) is 13.2 Å². The zero-order chi connectivity index (χ0) is 14.6. The van der Waals surface area contributed by atoms with E-state index in [1.54, 1.807) is 0 Å². The molecule has 1 saturated heterocycles. The van der Waals surface area contributed by atoms with Crippen molar-refractivity contribution in [3.05, 3.63) is 29.8 Å². The average molecular weight is 289 g/mol. The topological polar surface area (TPSA) is 30.5 Å². The molecular formula is C14H18F3NO2. The lowest BCUT2D eigenvalue weighted by atomic mass is 10.1. The minimum absolute atomic E-state index is 0.0872. The molecule has 6 heteroatoms. The molecule has 1 fully saturated rings. The van der Waals surface area contributed by atoms with E-state index in [1.165, 1.54) is 12.1 Å². The van der Waals surface area contributed by atoms with Crippen molar-refractivity contribution in [2.24, 2.45) is 0 Å². The molecule has 112 valence electrons. The lowest BCUT2D eigenvalue weighted by Crippen LogP contribution is -2.48. The summed E-state index contributed by atoms with van der Waals surface area (Å²) in [5.41, 5.74) is -0.702. The number of benzene rings is 1. The number of alkyl halides is 3. The number of nitrogens with one attached hydrogen (secondary N) is 1. The molecule has 0 saturated carbocycles. The summed E-state index contributed by atoms with van der Waals surface area (Å²) in [5.74, 6) is 0.221. The second-order valence-corrected chi connectivity index (χ2v) is 4.67.